The third kappa shape index (κ3) is 3.10. The average Bonchev–Trinajstić information content (AvgIpc) is 3.18. The highest BCUT2D eigenvalue weighted by atomic mass is 16.5. The highest BCUT2D eigenvalue weighted by Crippen LogP contribution is 2.16. The van der Waals surface area contributed by atoms with Crippen LogP contribution in [0.3, 0.4) is 0 Å². The van der Waals surface area contributed by atoms with Crippen LogP contribution >= 0.6 is 0 Å². The minimum Gasteiger partial charge on any atom is -0.475 e. The second-order valence-electron chi connectivity index (χ2n) is 5.33. The van der Waals surface area contributed by atoms with E-state index in [1.54, 1.807) is 18.3 Å². The molecule has 1 amide bonds. The molecule has 2 saturated heterocycles. The number of aromatic nitrogens is 1. The number of carbonyl (C=O) groups excluding carboxylic acids is 1. The normalized spacial score (nSPS) is 22.2. The van der Waals surface area contributed by atoms with Gasteiger partial charge in [-0.3, -0.25) is 4.79 Å². The van der Waals surface area contributed by atoms with Gasteiger partial charge in [0, 0.05) is 32.0 Å². The SMILES string of the molecule is O=C(c1ccc(OC[C@@H]2CCCO2)nc1)N1CCCC1. The second-order valence-corrected chi connectivity index (χ2v) is 5.33. The van der Waals surface area contributed by atoms with Gasteiger partial charge in [-0.15, -0.1) is 0 Å². The minimum atomic E-state index is 0.0701. The zero-order chi connectivity index (χ0) is 13.8. The number of amides is 1. The molecule has 0 aliphatic carbocycles. The Hall–Kier alpha value is -1.62. The van der Waals surface area contributed by atoms with Gasteiger partial charge in [0.2, 0.25) is 5.88 Å². The number of nitrogens with zero attached hydrogens (tertiary/aromatic N) is 2. The van der Waals surface area contributed by atoms with Gasteiger partial charge in [0.15, 0.2) is 0 Å². The highest BCUT2D eigenvalue weighted by molar-refractivity contribution is 5.94. The van der Waals surface area contributed by atoms with E-state index in [9.17, 15) is 4.79 Å². The van der Waals surface area contributed by atoms with Gasteiger partial charge in [0.05, 0.1) is 11.7 Å². The van der Waals surface area contributed by atoms with E-state index in [0.29, 0.717) is 18.1 Å². The van der Waals surface area contributed by atoms with Gasteiger partial charge < -0.3 is 14.4 Å². The molecule has 5 heteroatoms. The molecule has 1 atom stereocenters. The summed E-state index contributed by atoms with van der Waals surface area (Å²) in [5, 5.41) is 0. The maximum Gasteiger partial charge on any atom is 0.255 e. The summed E-state index contributed by atoms with van der Waals surface area (Å²) < 4.78 is 11.1. The highest BCUT2D eigenvalue weighted by Gasteiger charge is 2.20. The Kier molecular flexibility index (Phi) is 4.16. The van der Waals surface area contributed by atoms with Gasteiger partial charge in [-0.1, -0.05) is 0 Å². The molecule has 20 heavy (non-hydrogen) atoms. The molecule has 108 valence electrons. The zero-order valence-electron chi connectivity index (χ0n) is 11.6. The molecule has 2 aliphatic rings. The van der Waals surface area contributed by atoms with Crippen LogP contribution in [-0.4, -0.2) is 48.2 Å². The van der Waals surface area contributed by atoms with Crippen molar-refractivity contribution in [2.24, 2.45) is 0 Å². The first-order valence-corrected chi connectivity index (χ1v) is 7.33. The molecule has 2 aliphatic heterocycles. The lowest BCUT2D eigenvalue weighted by Crippen LogP contribution is -2.27. The molecule has 2 fully saturated rings. The van der Waals surface area contributed by atoms with Crippen LogP contribution in [-0.2, 0) is 4.74 Å². The molecule has 0 spiro atoms. The fourth-order valence-corrected chi connectivity index (χ4v) is 2.65. The van der Waals surface area contributed by atoms with Crippen LogP contribution in [0.2, 0.25) is 0 Å². The number of ether oxygens (including phenoxy) is 2. The summed E-state index contributed by atoms with van der Waals surface area (Å²) in [5.74, 6) is 0.624. The smallest absolute Gasteiger partial charge is 0.255 e. The van der Waals surface area contributed by atoms with Crippen molar-refractivity contribution < 1.29 is 14.3 Å². The molecule has 3 rings (SSSR count). The van der Waals surface area contributed by atoms with Gasteiger partial charge >= 0.3 is 0 Å². The van der Waals surface area contributed by atoms with Crippen LogP contribution in [0.15, 0.2) is 18.3 Å². The van der Waals surface area contributed by atoms with Crippen LogP contribution in [0.4, 0.5) is 0 Å². The van der Waals surface area contributed by atoms with Crippen LogP contribution < -0.4 is 4.74 Å². The molecule has 0 bridgehead atoms. The predicted molar refractivity (Wildman–Crippen MR) is 73.8 cm³/mol. The monoisotopic (exact) mass is 276 g/mol. The summed E-state index contributed by atoms with van der Waals surface area (Å²) in [7, 11) is 0. The quantitative estimate of drug-likeness (QED) is 0.842. The maximum absolute atomic E-state index is 12.2. The first-order chi connectivity index (χ1) is 9.83. The molecule has 0 saturated carbocycles. The molecule has 1 aromatic heterocycles. The molecule has 3 heterocycles. The lowest BCUT2D eigenvalue weighted by Gasteiger charge is -2.15. The summed E-state index contributed by atoms with van der Waals surface area (Å²) in [6.45, 7) is 3.07. The summed E-state index contributed by atoms with van der Waals surface area (Å²) >= 11 is 0. The summed E-state index contributed by atoms with van der Waals surface area (Å²) in [6.07, 6.45) is 6.13. The van der Waals surface area contributed by atoms with Crippen molar-refractivity contribution in [3.8, 4) is 5.88 Å². The largest absolute Gasteiger partial charge is 0.475 e. The van der Waals surface area contributed by atoms with Gasteiger partial charge in [-0.05, 0) is 31.7 Å². The molecule has 0 unspecified atom stereocenters. The molecule has 5 nitrogen and oxygen atoms in total. The first kappa shape index (κ1) is 13.4. The fraction of sp³-hybridized carbons (Fsp3) is 0.600. The van der Waals surface area contributed by atoms with Gasteiger partial charge in [0.25, 0.3) is 5.91 Å². The van der Waals surface area contributed by atoms with E-state index in [2.05, 4.69) is 4.98 Å². The van der Waals surface area contributed by atoms with Crippen LogP contribution in [0, 0.1) is 0 Å². The van der Waals surface area contributed by atoms with Crippen LogP contribution in [0.1, 0.15) is 36.0 Å². The number of pyridine rings is 1. The first-order valence-electron chi connectivity index (χ1n) is 7.33. The third-order valence-corrected chi connectivity index (χ3v) is 3.82. The van der Waals surface area contributed by atoms with Crippen LogP contribution in [0.5, 0.6) is 5.88 Å². The van der Waals surface area contributed by atoms with Crippen molar-refractivity contribution in [2.45, 2.75) is 31.8 Å². The van der Waals surface area contributed by atoms with E-state index in [0.717, 1.165) is 45.4 Å². The standard InChI is InChI=1S/C15H20N2O3/c18-15(17-7-1-2-8-17)12-5-6-14(16-10-12)20-11-13-4-3-9-19-13/h5-6,10,13H,1-4,7-9,11H2/t13-/m0/s1. The number of carbonyl (C=O) groups is 1. The van der Waals surface area contributed by atoms with Gasteiger partial charge in [-0.25, -0.2) is 4.98 Å². The summed E-state index contributed by atoms with van der Waals surface area (Å²) in [4.78, 5) is 18.2. The van der Waals surface area contributed by atoms with E-state index >= 15 is 0 Å². The van der Waals surface area contributed by atoms with E-state index in [1.807, 2.05) is 4.90 Å². The molecule has 0 aromatic carbocycles. The van der Waals surface area contributed by atoms with E-state index in [-0.39, 0.29) is 12.0 Å². The second kappa shape index (κ2) is 6.22. The van der Waals surface area contributed by atoms with Crippen molar-refractivity contribution in [3.05, 3.63) is 23.9 Å². The van der Waals surface area contributed by atoms with Crippen molar-refractivity contribution in [2.75, 3.05) is 26.3 Å². The third-order valence-electron chi connectivity index (χ3n) is 3.82. The number of rotatable bonds is 4. The topological polar surface area (TPSA) is 51.7 Å². The van der Waals surface area contributed by atoms with E-state index in [4.69, 9.17) is 9.47 Å². The van der Waals surface area contributed by atoms with Crippen molar-refractivity contribution in [1.29, 1.82) is 0 Å². The Morgan fingerprint density at radius 3 is 2.85 bits per heavy atom. The molecular formula is C15H20N2O3. The minimum absolute atomic E-state index is 0.0701. The Morgan fingerprint density at radius 1 is 1.35 bits per heavy atom. The molecule has 1 aromatic rings. The fourth-order valence-electron chi connectivity index (χ4n) is 2.65. The molecular weight excluding hydrogens is 256 g/mol. The number of hydrogen-bond acceptors (Lipinski definition) is 4. The Morgan fingerprint density at radius 2 is 2.20 bits per heavy atom. The number of hydrogen-bond donors (Lipinski definition) is 0. The Balaban J connectivity index is 1.54. The predicted octanol–water partition coefficient (Wildman–Crippen LogP) is 1.88. The van der Waals surface area contributed by atoms with Crippen molar-refractivity contribution in [3.63, 3.8) is 0 Å². The maximum atomic E-state index is 12.2. The summed E-state index contributed by atoms with van der Waals surface area (Å²) in [5.41, 5.74) is 0.636. The lowest BCUT2D eigenvalue weighted by atomic mass is 10.2. The van der Waals surface area contributed by atoms with Crippen molar-refractivity contribution in [1.82, 2.24) is 9.88 Å². The Bertz CT molecular complexity index is 449. The molecule has 0 radical (unpaired) electrons. The Labute approximate surface area is 118 Å². The zero-order valence-corrected chi connectivity index (χ0v) is 11.6. The van der Waals surface area contributed by atoms with E-state index < -0.39 is 0 Å². The lowest BCUT2D eigenvalue weighted by molar-refractivity contribution is 0.0662. The number of likely N-dealkylation sites (tertiary alicyclic amines) is 1. The van der Waals surface area contributed by atoms with Crippen LogP contribution in [0.25, 0.3) is 0 Å². The average molecular weight is 276 g/mol. The van der Waals surface area contributed by atoms with Gasteiger partial charge in [0.1, 0.15) is 6.61 Å². The van der Waals surface area contributed by atoms with Gasteiger partial charge in [-0.2, -0.15) is 0 Å². The van der Waals surface area contributed by atoms with Crippen molar-refractivity contribution >= 4 is 5.91 Å². The molecule has 0 N–H and O–H groups in total. The van der Waals surface area contributed by atoms with E-state index in [1.165, 1.54) is 0 Å². The summed E-state index contributed by atoms with van der Waals surface area (Å²) in [6, 6.07) is 3.55.